The van der Waals surface area contributed by atoms with Gasteiger partial charge < -0.3 is 9.64 Å². The Bertz CT molecular complexity index is 1680. The lowest BCUT2D eigenvalue weighted by molar-refractivity contribution is -0.384. The number of rotatable bonds is 6. The van der Waals surface area contributed by atoms with Gasteiger partial charge in [-0.25, -0.2) is 9.48 Å². The fourth-order valence-electron chi connectivity index (χ4n) is 4.22. The molecule has 0 radical (unpaired) electrons. The van der Waals surface area contributed by atoms with Crippen LogP contribution in [0.1, 0.15) is 12.6 Å². The highest BCUT2D eigenvalue weighted by Crippen LogP contribution is 2.21. The maximum Gasteiger partial charge on any atom is 0.332 e. The van der Waals surface area contributed by atoms with E-state index in [1.54, 1.807) is 24.6 Å². The molecule has 1 fully saturated rings. The van der Waals surface area contributed by atoms with E-state index in [-0.39, 0.29) is 29.9 Å². The summed E-state index contributed by atoms with van der Waals surface area (Å²) in [6.45, 7) is 4.08. The van der Waals surface area contributed by atoms with Gasteiger partial charge in [-0.2, -0.15) is 4.98 Å². The second kappa shape index (κ2) is 9.70. The number of hydrogen-bond acceptors (Lipinski definition) is 9. The summed E-state index contributed by atoms with van der Waals surface area (Å²) in [6, 6.07) is 5.91. The number of nitro benzene ring substituents is 1. The molecule has 0 bridgehead atoms. The number of aryl methyl sites for hydroxylation is 1. The predicted octanol–water partition coefficient (Wildman–Crippen LogP) is 0.294. The molecule has 14 nitrogen and oxygen atoms in total. The molecule has 190 valence electrons. The van der Waals surface area contributed by atoms with Gasteiger partial charge in [0.25, 0.3) is 11.2 Å². The maximum absolute atomic E-state index is 13.6. The highest BCUT2D eigenvalue weighted by atomic mass is 16.6. The van der Waals surface area contributed by atoms with E-state index in [4.69, 9.17) is 4.74 Å². The summed E-state index contributed by atoms with van der Waals surface area (Å²) in [5, 5.41) is 19.2. The van der Waals surface area contributed by atoms with Crippen molar-refractivity contribution in [2.45, 2.75) is 20.0 Å². The van der Waals surface area contributed by atoms with Gasteiger partial charge in [-0.15, -0.1) is 11.0 Å². The molecule has 1 aliphatic heterocycles. The number of anilines is 1. The van der Waals surface area contributed by atoms with E-state index in [0.717, 1.165) is 4.57 Å². The second-order valence-electron chi connectivity index (χ2n) is 8.36. The predicted molar refractivity (Wildman–Crippen MR) is 133 cm³/mol. The van der Waals surface area contributed by atoms with Crippen LogP contribution in [0.3, 0.4) is 0 Å². The van der Waals surface area contributed by atoms with Crippen molar-refractivity contribution in [2.75, 3.05) is 31.2 Å². The van der Waals surface area contributed by atoms with Crippen LogP contribution in [0, 0.1) is 22.0 Å². The van der Waals surface area contributed by atoms with E-state index in [2.05, 4.69) is 27.1 Å². The van der Waals surface area contributed by atoms with Gasteiger partial charge in [0, 0.05) is 32.3 Å². The van der Waals surface area contributed by atoms with Gasteiger partial charge in [0.15, 0.2) is 11.2 Å². The number of hydrogen-bond donors (Lipinski definition) is 0. The number of non-ortho nitro benzene ring substituents is 1. The highest BCUT2D eigenvalue weighted by Gasteiger charge is 2.24. The normalized spacial score (nSPS) is 13.5. The number of aromatic nitrogens is 7. The zero-order valence-electron chi connectivity index (χ0n) is 20.2. The summed E-state index contributed by atoms with van der Waals surface area (Å²) < 4.78 is 10.9. The van der Waals surface area contributed by atoms with Crippen LogP contribution in [0.5, 0.6) is 0 Å². The van der Waals surface area contributed by atoms with Crippen LogP contribution >= 0.6 is 0 Å². The Morgan fingerprint density at radius 2 is 1.97 bits per heavy atom. The van der Waals surface area contributed by atoms with Crippen molar-refractivity contribution in [2.24, 2.45) is 7.05 Å². The Hall–Kier alpha value is -4.77. The van der Waals surface area contributed by atoms with Gasteiger partial charge in [-0.1, -0.05) is 17.2 Å². The molecule has 0 spiro atoms. The highest BCUT2D eigenvalue weighted by molar-refractivity contribution is 5.75. The molecule has 3 aromatic heterocycles. The average Bonchev–Trinajstić information content (AvgIpc) is 3.54. The minimum Gasteiger partial charge on any atom is -0.378 e. The van der Waals surface area contributed by atoms with E-state index < -0.39 is 16.2 Å². The van der Waals surface area contributed by atoms with Crippen molar-refractivity contribution in [3.8, 4) is 17.5 Å². The molecule has 0 atom stereocenters. The molecular formula is C23H23N9O5. The van der Waals surface area contributed by atoms with Crippen LogP contribution in [0.4, 0.5) is 11.6 Å². The van der Waals surface area contributed by atoms with E-state index in [1.165, 1.54) is 33.6 Å². The Morgan fingerprint density at radius 3 is 2.70 bits per heavy atom. The minimum absolute atomic E-state index is 0.0930. The second-order valence-corrected chi connectivity index (χ2v) is 8.36. The number of imidazole rings is 1. The van der Waals surface area contributed by atoms with E-state index in [1.807, 2.05) is 4.90 Å². The third-order valence-electron chi connectivity index (χ3n) is 6.09. The number of nitrogens with zero attached hydrogens (tertiary/aromatic N) is 9. The van der Waals surface area contributed by atoms with Crippen LogP contribution in [-0.2, 0) is 24.9 Å². The van der Waals surface area contributed by atoms with Gasteiger partial charge in [-0.3, -0.25) is 28.6 Å². The summed E-state index contributed by atoms with van der Waals surface area (Å²) in [4.78, 5) is 44.1. The zero-order valence-corrected chi connectivity index (χ0v) is 20.2. The number of fused-ring (bicyclic) bond motifs is 1. The first-order valence-corrected chi connectivity index (χ1v) is 11.5. The lowest BCUT2D eigenvalue weighted by Crippen LogP contribution is -2.40. The van der Waals surface area contributed by atoms with Crippen molar-refractivity contribution in [1.82, 2.24) is 33.7 Å². The molecule has 0 unspecified atom stereocenters. The van der Waals surface area contributed by atoms with E-state index in [0.29, 0.717) is 43.6 Å². The van der Waals surface area contributed by atoms with Crippen LogP contribution < -0.4 is 16.1 Å². The quantitative estimate of drug-likeness (QED) is 0.205. The standard InChI is InChI=1S/C23H23N9O5/c1-3-4-8-29-19-20(24-22(29)28-9-11-37-12-10-28)27(2)23(34)30(21(19)33)14-16-15-31(26-25-16)17-6-5-7-18(13-17)32(35)36/h5-7,13,15H,8-12,14H2,1-2H3. The summed E-state index contributed by atoms with van der Waals surface area (Å²) in [5.74, 6) is 6.40. The van der Waals surface area contributed by atoms with Crippen LogP contribution in [0.2, 0.25) is 0 Å². The average molecular weight is 505 g/mol. The molecular weight excluding hydrogens is 482 g/mol. The fourth-order valence-corrected chi connectivity index (χ4v) is 4.22. The molecule has 0 saturated carbocycles. The number of benzene rings is 1. The molecule has 37 heavy (non-hydrogen) atoms. The number of nitro groups is 1. The van der Waals surface area contributed by atoms with Crippen LogP contribution in [0.15, 0.2) is 40.1 Å². The summed E-state index contributed by atoms with van der Waals surface area (Å²) in [5.41, 5.74) is 0.121. The fraction of sp³-hybridized carbons (Fsp3) is 0.348. The molecule has 4 aromatic rings. The summed E-state index contributed by atoms with van der Waals surface area (Å²) >= 11 is 0. The molecule has 0 N–H and O–H groups in total. The van der Waals surface area contributed by atoms with Gasteiger partial charge in [0.05, 0.1) is 43.1 Å². The van der Waals surface area contributed by atoms with Crippen molar-refractivity contribution in [3.05, 3.63) is 67.1 Å². The lowest BCUT2D eigenvalue weighted by Gasteiger charge is -2.27. The molecule has 4 heterocycles. The third-order valence-corrected chi connectivity index (χ3v) is 6.09. The van der Waals surface area contributed by atoms with Gasteiger partial charge in [0.2, 0.25) is 5.95 Å². The largest absolute Gasteiger partial charge is 0.378 e. The summed E-state index contributed by atoms with van der Waals surface area (Å²) in [7, 11) is 1.56. The number of morpholine rings is 1. The Labute approximate surface area is 209 Å². The molecule has 1 saturated heterocycles. The van der Waals surface area contributed by atoms with Crippen molar-refractivity contribution < 1.29 is 9.66 Å². The van der Waals surface area contributed by atoms with Gasteiger partial charge in [-0.05, 0) is 13.0 Å². The first-order chi connectivity index (χ1) is 17.9. The minimum atomic E-state index is -0.554. The monoisotopic (exact) mass is 505 g/mol. The molecule has 5 rings (SSSR count). The first kappa shape index (κ1) is 23.9. The maximum atomic E-state index is 13.6. The third kappa shape index (κ3) is 4.36. The van der Waals surface area contributed by atoms with Gasteiger partial charge >= 0.3 is 5.69 Å². The molecule has 14 heteroatoms. The zero-order chi connectivity index (χ0) is 26.1. The van der Waals surface area contributed by atoms with Crippen LogP contribution in [0.25, 0.3) is 16.9 Å². The SMILES string of the molecule is CC#CCn1c(N2CCOCC2)nc2c1c(=O)n(Cc1cn(-c3cccc([N+](=O)[O-])c3)nn1)c(=O)n2C. The Morgan fingerprint density at radius 1 is 1.19 bits per heavy atom. The molecule has 0 aliphatic carbocycles. The Kier molecular flexibility index (Phi) is 6.28. The Balaban J connectivity index is 1.58. The number of ether oxygens (including phenoxy) is 1. The van der Waals surface area contributed by atoms with Crippen molar-refractivity contribution in [1.29, 1.82) is 0 Å². The van der Waals surface area contributed by atoms with Crippen molar-refractivity contribution >= 4 is 22.8 Å². The topological polar surface area (TPSA) is 148 Å². The van der Waals surface area contributed by atoms with E-state index in [9.17, 15) is 19.7 Å². The lowest BCUT2D eigenvalue weighted by atomic mass is 10.3. The molecule has 0 amide bonds. The van der Waals surface area contributed by atoms with Crippen LogP contribution in [-0.4, -0.2) is 64.9 Å². The van der Waals surface area contributed by atoms with Gasteiger partial charge in [0.1, 0.15) is 5.69 Å². The first-order valence-electron chi connectivity index (χ1n) is 11.5. The summed E-state index contributed by atoms with van der Waals surface area (Å²) in [6.07, 6.45) is 1.52. The molecule has 1 aliphatic rings. The van der Waals surface area contributed by atoms with Crippen molar-refractivity contribution in [3.63, 3.8) is 0 Å². The smallest absolute Gasteiger partial charge is 0.332 e. The molecule has 1 aromatic carbocycles. The van der Waals surface area contributed by atoms with E-state index >= 15 is 0 Å².